The van der Waals surface area contributed by atoms with Crippen molar-refractivity contribution in [1.29, 1.82) is 0 Å². The molecule has 0 unspecified atom stereocenters. The molecule has 1 fully saturated rings. The maximum atomic E-state index is 10.8. The third kappa shape index (κ3) is 6.90. The van der Waals surface area contributed by atoms with Gasteiger partial charge in [-0.3, -0.25) is 0 Å². The Morgan fingerprint density at radius 3 is 2.27 bits per heavy atom. The standard InChI is InChI=1S/C11H22NO2S/c1-15(13,14)12-10-6-9-11-7-4-2-3-5-8-11/h11H,2-10H2,1H3. The van der Waals surface area contributed by atoms with E-state index in [2.05, 4.69) is 4.72 Å². The molecule has 15 heavy (non-hydrogen) atoms. The van der Waals surface area contributed by atoms with Gasteiger partial charge in [-0.1, -0.05) is 38.5 Å². The van der Waals surface area contributed by atoms with Crippen LogP contribution in [0.4, 0.5) is 0 Å². The summed E-state index contributed by atoms with van der Waals surface area (Å²) in [6, 6.07) is 0. The lowest BCUT2D eigenvalue weighted by Gasteiger charge is -2.12. The maximum Gasteiger partial charge on any atom is 0.224 e. The van der Waals surface area contributed by atoms with E-state index >= 15 is 0 Å². The lowest BCUT2D eigenvalue weighted by Crippen LogP contribution is -2.16. The van der Waals surface area contributed by atoms with Gasteiger partial charge in [0, 0.05) is 6.54 Å². The molecule has 0 aromatic heterocycles. The minimum Gasteiger partial charge on any atom is -0.211 e. The van der Waals surface area contributed by atoms with Gasteiger partial charge in [0.25, 0.3) is 0 Å². The van der Waals surface area contributed by atoms with Gasteiger partial charge in [0.2, 0.25) is 10.0 Å². The second-order valence-corrected chi connectivity index (χ2v) is 6.31. The van der Waals surface area contributed by atoms with Gasteiger partial charge in [-0.2, -0.15) is 0 Å². The molecule has 0 N–H and O–H groups in total. The first kappa shape index (κ1) is 13.0. The molecule has 1 aliphatic rings. The molecule has 1 aliphatic carbocycles. The second kappa shape index (κ2) is 6.48. The largest absolute Gasteiger partial charge is 0.224 e. The summed E-state index contributed by atoms with van der Waals surface area (Å²) in [5.74, 6) is 0.822. The van der Waals surface area contributed by atoms with E-state index in [1.807, 2.05) is 0 Å². The van der Waals surface area contributed by atoms with Crippen LogP contribution in [-0.4, -0.2) is 21.2 Å². The molecule has 0 heterocycles. The highest BCUT2D eigenvalue weighted by molar-refractivity contribution is 7.88. The van der Waals surface area contributed by atoms with E-state index in [1.165, 1.54) is 44.8 Å². The van der Waals surface area contributed by atoms with E-state index in [0.29, 0.717) is 6.54 Å². The van der Waals surface area contributed by atoms with Crippen molar-refractivity contribution in [3.05, 3.63) is 0 Å². The van der Waals surface area contributed by atoms with E-state index in [-0.39, 0.29) is 0 Å². The summed E-state index contributed by atoms with van der Waals surface area (Å²) >= 11 is 0. The van der Waals surface area contributed by atoms with E-state index in [1.54, 1.807) is 0 Å². The fraction of sp³-hybridized carbons (Fsp3) is 1.00. The molecule has 89 valence electrons. The Morgan fingerprint density at radius 1 is 1.13 bits per heavy atom. The molecular formula is C11H22NO2S. The third-order valence-corrected chi connectivity index (χ3v) is 3.72. The highest BCUT2D eigenvalue weighted by Gasteiger charge is 2.12. The smallest absolute Gasteiger partial charge is 0.211 e. The van der Waals surface area contributed by atoms with Crippen molar-refractivity contribution >= 4 is 10.0 Å². The van der Waals surface area contributed by atoms with Gasteiger partial charge in [0.1, 0.15) is 0 Å². The fourth-order valence-electron chi connectivity index (χ4n) is 2.26. The molecule has 3 nitrogen and oxygen atoms in total. The molecule has 1 radical (unpaired) electrons. The average Bonchev–Trinajstić information content (AvgIpc) is 2.39. The number of sulfonamides is 1. The van der Waals surface area contributed by atoms with Crippen LogP contribution < -0.4 is 4.72 Å². The zero-order valence-electron chi connectivity index (χ0n) is 9.61. The molecule has 1 saturated carbocycles. The summed E-state index contributed by atoms with van der Waals surface area (Å²) in [5, 5.41) is 0. The zero-order chi connectivity index (χ0) is 11.1. The van der Waals surface area contributed by atoms with Gasteiger partial charge in [-0.05, 0) is 18.8 Å². The van der Waals surface area contributed by atoms with E-state index < -0.39 is 10.0 Å². The minimum atomic E-state index is -3.11. The van der Waals surface area contributed by atoms with Crippen molar-refractivity contribution in [1.82, 2.24) is 4.72 Å². The Kier molecular flexibility index (Phi) is 5.61. The number of nitrogens with zero attached hydrogens (tertiary/aromatic N) is 1. The monoisotopic (exact) mass is 232 g/mol. The van der Waals surface area contributed by atoms with Gasteiger partial charge < -0.3 is 0 Å². The minimum absolute atomic E-state index is 0.481. The first-order valence-corrected chi connectivity index (χ1v) is 7.81. The third-order valence-electron chi connectivity index (χ3n) is 3.07. The van der Waals surface area contributed by atoms with Crippen LogP contribution in [0, 0.1) is 5.92 Å². The summed E-state index contributed by atoms with van der Waals surface area (Å²) in [4.78, 5) is 0. The van der Waals surface area contributed by atoms with E-state index in [9.17, 15) is 8.42 Å². The first-order valence-electron chi connectivity index (χ1n) is 5.97. The van der Waals surface area contributed by atoms with Crippen LogP contribution in [0.5, 0.6) is 0 Å². The molecule has 1 rings (SSSR count). The Hall–Kier alpha value is -0.0900. The lowest BCUT2D eigenvalue weighted by atomic mass is 9.95. The molecule has 0 atom stereocenters. The molecular weight excluding hydrogens is 210 g/mol. The molecule has 0 spiro atoms. The van der Waals surface area contributed by atoms with Crippen LogP contribution in [-0.2, 0) is 10.0 Å². The van der Waals surface area contributed by atoms with Gasteiger partial charge >= 0.3 is 0 Å². The molecule has 0 saturated heterocycles. The maximum absolute atomic E-state index is 10.8. The summed E-state index contributed by atoms with van der Waals surface area (Å²) in [6.45, 7) is 0.481. The predicted octanol–water partition coefficient (Wildman–Crippen LogP) is 2.30. The Bertz CT molecular complexity index is 254. The van der Waals surface area contributed by atoms with Crippen LogP contribution in [0.1, 0.15) is 51.4 Å². The van der Waals surface area contributed by atoms with Crippen molar-refractivity contribution in [3.63, 3.8) is 0 Å². The van der Waals surface area contributed by atoms with E-state index in [4.69, 9.17) is 0 Å². The van der Waals surface area contributed by atoms with Crippen molar-refractivity contribution in [3.8, 4) is 0 Å². The van der Waals surface area contributed by atoms with Gasteiger partial charge in [0.05, 0.1) is 6.26 Å². The van der Waals surface area contributed by atoms with Crippen LogP contribution in [0.15, 0.2) is 0 Å². The van der Waals surface area contributed by atoms with Crippen LogP contribution in [0.3, 0.4) is 0 Å². The second-order valence-electron chi connectivity index (χ2n) is 4.59. The summed E-state index contributed by atoms with van der Waals surface area (Å²) in [5.41, 5.74) is 0. The number of hydrogen-bond acceptors (Lipinski definition) is 2. The normalized spacial score (nSPS) is 20.1. The topological polar surface area (TPSA) is 48.2 Å². The van der Waals surface area contributed by atoms with Gasteiger partial charge in [-0.25, -0.2) is 8.42 Å². The highest BCUT2D eigenvalue weighted by Crippen LogP contribution is 2.26. The fourth-order valence-corrected chi connectivity index (χ4v) is 2.72. The molecule has 0 aliphatic heterocycles. The Balaban J connectivity index is 2.08. The zero-order valence-corrected chi connectivity index (χ0v) is 10.4. The highest BCUT2D eigenvalue weighted by atomic mass is 32.2. The van der Waals surface area contributed by atoms with E-state index in [0.717, 1.165) is 18.8 Å². The van der Waals surface area contributed by atoms with Gasteiger partial charge in [-0.15, -0.1) is 4.72 Å². The Morgan fingerprint density at radius 2 is 1.73 bits per heavy atom. The van der Waals surface area contributed by atoms with Crippen molar-refractivity contribution in [2.45, 2.75) is 51.4 Å². The summed E-state index contributed by atoms with van der Waals surface area (Å²) in [7, 11) is -3.11. The van der Waals surface area contributed by atoms with Crippen LogP contribution >= 0.6 is 0 Å². The Labute approximate surface area is 93.7 Å². The molecule has 0 aromatic carbocycles. The van der Waals surface area contributed by atoms with Crippen LogP contribution in [0.25, 0.3) is 0 Å². The summed E-state index contributed by atoms with van der Waals surface area (Å²) in [6.07, 6.45) is 11.4. The molecule has 0 aromatic rings. The average molecular weight is 232 g/mol. The molecule has 4 heteroatoms. The number of rotatable bonds is 5. The lowest BCUT2D eigenvalue weighted by molar-refractivity contribution is 0.415. The molecule has 0 amide bonds. The predicted molar refractivity (Wildman–Crippen MR) is 62.3 cm³/mol. The number of hydrogen-bond donors (Lipinski definition) is 0. The van der Waals surface area contributed by atoms with Gasteiger partial charge in [0.15, 0.2) is 0 Å². The van der Waals surface area contributed by atoms with Crippen molar-refractivity contribution in [2.24, 2.45) is 5.92 Å². The molecule has 0 bridgehead atoms. The quantitative estimate of drug-likeness (QED) is 0.539. The van der Waals surface area contributed by atoms with Crippen LogP contribution in [0.2, 0.25) is 0 Å². The first-order chi connectivity index (χ1) is 7.08. The van der Waals surface area contributed by atoms with Crippen molar-refractivity contribution in [2.75, 3.05) is 12.8 Å². The SMILES string of the molecule is CS(=O)(=O)[N]CCCC1CCCCCC1. The van der Waals surface area contributed by atoms with Crippen molar-refractivity contribution < 1.29 is 8.42 Å². The summed E-state index contributed by atoms with van der Waals surface area (Å²) < 4.78 is 25.2.